The average Bonchev–Trinajstić information content (AvgIpc) is 3.33. The Balaban J connectivity index is 1.11. The van der Waals surface area contributed by atoms with E-state index < -0.39 is 27.8 Å². The average molecular weight is 634 g/mol. The number of aromatic hydroxyl groups is 1. The summed E-state index contributed by atoms with van der Waals surface area (Å²) >= 11 is 0. The van der Waals surface area contributed by atoms with Crippen molar-refractivity contribution in [1.82, 2.24) is 4.98 Å². The molecule has 0 bridgehead atoms. The van der Waals surface area contributed by atoms with Crippen LogP contribution in [0, 0.1) is 0 Å². The monoisotopic (exact) mass is 633 g/mol. The van der Waals surface area contributed by atoms with E-state index in [2.05, 4.69) is 19.9 Å². The highest BCUT2D eigenvalue weighted by Gasteiger charge is 2.36. The summed E-state index contributed by atoms with van der Waals surface area (Å²) in [6.07, 6.45) is 1.47. The van der Waals surface area contributed by atoms with Crippen molar-refractivity contribution in [2.24, 2.45) is 10.2 Å². The van der Waals surface area contributed by atoms with Gasteiger partial charge in [-0.1, -0.05) is 30.3 Å². The molecule has 0 saturated heterocycles. The summed E-state index contributed by atoms with van der Waals surface area (Å²) in [5.74, 6) is -1.87. The van der Waals surface area contributed by atoms with E-state index in [4.69, 9.17) is 4.74 Å². The molecule has 0 atom stereocenters. The standard InChI is InChI=1S/C33H23N5O7S/c39-29-16-13-23(36-35-22-11-14-25(15-12-22)46(43,44)37-30-10-3-4-17-34-30)19-28(29)33(42)45-20-21-6-5-7-24(18-21)38-31(40)26-8-1-2-9-27(26)32(38)41/h1-19,39H,20H2,(H,34,37)/b36-35+. The van der Waals surface area contributed by atoms with Crippen molar-refractivity contribution in [1.29, 1.82) is 0 Å². The van der Waals surface area contributed by atoms with Crippen LogP contribution in [0.15, 0.2) is 131 Å². The SMILES string of the molecule is O=C(OCc1cccc(N2C(=O)c3ccccc3C2=O)c1)c1cc(/N=N/c2ccc(S(=O)(=O)Nc3ccccn3)cc2)ccc1O. The Morgan fingerprint density at radius 2 is 1.48 bits per heavy atom. The second-order valence-electron chi connectivity index (χ2n) is 9.95. The summed E-state index contributed by atoms with van der Waals surface area (Å²) in [4.78, 5) is 43.6. The number of hydrogen-bond acceptors (Lipinski definition) is 10. The number of nitrogens with one attached hydrogen (secondary N) is 1. The normalized spacial score (nSPS) is 12.7. The third-order valence-electron chi connectivity index (χ3n) is 6.86. The molecule has 0 spiro atoms. The number of imide groups is 1. The van der Waals surface area contributed by atoms with Gasteiger partial charge < -0.3 is 9.84 Å². The lowest BCUT2D eigenvalue weighted by Gasteiger charge is -2.15. The van der Waals surface area contributed by atoms with E-state index in [0.717, 1.165) is 4.90 Å². The molecule has 0 unspecified atom stereocenters. The molecule has 2 amide bonds. The van der Waals surface area contributed by atoms with Crippen LogP contribution in [-0.4, -0.2) is 36.3 Å². The number of sulfonamides is 1. The van der Waals surface area contributed by atoms with Crippen molar-refractivity contribution in [2.45, 2.75) is 11.5 Å². The lowest BCUT2D eigenvalue weighted by atomic mass is 10.1. The Labute approximate surface area is 262 Å². The predicted molar refractivity (Wildman–Crippen MR) is 167 cm³/mol. The molecule has 228 valence electrons. The Morgan fingerprint density at radius 1 is 0.804 bits per heavy atom. The van der Waals surface area contributed by atoms with E-state index in [0.29, 0.717) is 28.1 Å². The predicted octanol–water partition coefficient (Wildman–Crippen LogP) is 6.16. The van der Waals surface area contributed by atoms with Gasteiger partial charge in [0.15, 0.2) is 0 Å². The minimum absolute atomic E-state index is 0.000952. The highest BCUT2D eigenvalue weighted by molar-refractivity contribution is 7.92. The fourth-order valence-corrected chi connectivity index (χ4v) is 5.62. The van der Waals surface area contributed by atoms with Crippen molar-refractivity contribution in [2.75, 3.05) is 9.62 Å². The van der Waals surface area contributed by atoms with Gasteiger partial charge in [0.1, 0.15) is 23.7 Å². The molecule has 12 nitrogen and oxygen atoms in total. The summed E-state index contributed by atoms with van der Waals surface area (Å²) in [6.45, 7) is -0.203. The van der Waals surface area contributed by atoms with Crippen LogP contribution in [0.5, 0.6) is 5.75 Å². The van der Waals surface area contributed by atoms with Crippen LogP contribution in [-0.2, 0) is 21.4 Å². The maximum atomic E-state index is 12.9. The van der Waals surface area contributed by atoms with E-state index in [-0.39, 0.29) is 34.3 Å². The molecule has 2 N–H and O–H groups in total. The zero-order valence-electron chi connectivity index (χ0n) is 23.8. The number of nitrogens with zero attached hydrogens (tertiary/aromatic N) is 4. The van der Waals surface area contributed by atoms with Crippen LogP contribution in [0.2, 0.25) is 0 Å². The molecule has 2 heterocycles. The number of benzene rings is 4. The first-order valence-electron chi connectivity index (χ1n) is 13.7. The largest absolute Gasteiger partial charge is 0.507 e. The van der Waals surface area contributed by atoms with E-state index >= 15 is 0 Å². The topological polar surface area (TPSA) is 168 Å². The lowest BCUT2D eigenvalue weighted by Crippen LogP contribution is -2.29. The highest BCUT2D eigenvalue weighted by atomic mass is 32.2. The van der Waals surface area contributed by atoms with Gasteiger partial charge in [-0.25, -0.2) is 23.1 Å². The first-order valence-corrected chi connectivity index (χ1v) is 15.2. The number of phenolic OH excluding ortho intramolecular Hbond substituents is 1. The van der Waals surface area contributed by atoms with E-state index in [1.165, 1.54) is 54.7 Å². The fraction of sp³-hybridized carbons (Fsp3) is 0.0303. The summed E-state index contributed by atoms with van der Waals surface area (Å²) < 4.78 is 33.0. The molecule has 0 fully saturated rings. The van der Waals surface area contributed by atoms with Crippen molar-refractivity contribution >= 4 is 50.7 Å². The quantitative estimate of drug-likeness (QED) is 0.111. The molecule has 4 aromatic carbocycles. The second-order valence-corrected chi connectivity index (χ2v) is 11.6. The molecular formula is C33H23N5O7S. The summed E-state index contributed by atoms with van der Waals surface area (Å²) in [5.41, 5.74) is 1.89. The van der Waals surface area contributed by atoms with Gasteiger partial charge in [0.25, 0.3) is 21.8 Å². The van der Waals surface area contributed by atoms with Gasteiger partial charge in [-0.15, -0.1) is 0 Å². The van der Waals surface area contributed by atoms with Gasteiger partial charge >= 0.3 is 5.97 Å². The van der Waals surface area contributed by atoms with Crippen LogP contribution in [0.3, 0.4) is 0 Å². The minimum atomic E-state index is -3.86. The van der Waals surface area contributed by atoms with E-state index in [1.807, 2.05) is 0 Å². The number of hydrogen-bond donors (Lipinski definition) is 2. The number of phenols is 1. The second kappa shape index (κ2) is 12.4. The number of rotatable bonds is 9. The smallest absolute Gasteiger partial charge is 0.342 e. The molecule has 0 saturated carbocycles. The van der Waals surface area contributed by atoms with Crippen LogP contribution in [0.1, 0.15) is 36.6 Å². The van der Waals surface area contributed by atoms with Crippen molar-refractivity contribution in [3.8, 4) is 5.75 Å². The number of aromatic nitrogens is 1. The van der Waals surface area contributed by atoms with Gasteiger partial charge in [0.2, 0.25) is 0 Å². The summed E-state index contributed by atoms with van der Waals surface area (Å²) in [5, 5.41) is 18.5. The van der Waals surface area contributed by atoms with Crippen LogP contribution in [0.25, 0.3) is 0 Å². The Bertz CT molecular complexity index is 2080. The Hall–Kier alpha value is -6.21. The number of anilines is 2. The van der Waals surface area contributed by atoms with Crippen molar-refractivity contribution < 1.29 is 32.6 Å². The number of amides is 2. The van der Waals surface area contributed by atoms with Crippen LogP contribution >= 0.6 is 0 Å². The number of esters is 1. The minimum Gasteiger partial charge on any atom is -0.507 e. The molecule has 46 heavy (non-hydrogen) atoms. The maximum absolute atomic E-state index is 12.9. The summed E-state index contributed by atoms with van der Waals surface area (Å²) in [7, 11) is -3.86. The molecule has 6 rings (SSSR count). The zero-order chi connectivity index (χ0) is 32.3. The van der Waals surface area contributed by atoms with Gasteiger partial charge in [-0.2, -0.15) is 10.2 Å². The van der Waals surface area contributed by atoms with E-state index in [9.17, 15) is 27.9 Å². The fourth-order valence-electron chi connectivity index (χ4n) is 4.61. The molecule has 0 aliphatic carbocycles. The summed E-state index contributed by atoms with van der Waals surface area (Å²) in [6, 6.07) is 27.6. The van der Waals surface area contributed by atoms with Gasteiger partial charge in [0.05, 0.1) is 33.1 Å². The molecular weight excluding hydrogens is 610 g/mol. The van der Waals surface area contributed by atoms with Crippen molar-refractivity contribution in [3.05, 3.63) is 138 Å². The molecule has 13 heteroatoms. The number of pyridine rings is 1. The van der Waals surface area contributed by atoms with Gasteiger partial charge in [0, 0.05) is 6.20 Å². The third kappa shape index (κ3) is 6.21. The first kappa shape index (κ1) is 29.8. The molecule has 1 aromatic heterocycles. The first-order chi connectivity index (χ1) is 22.2. The molecule has 1 aliphatic heterocycles. The number of fused-ring (bicyclic) bond motifs is 1. The molecule has 5 aromatic rings. The Kier molecular flexibility index (Phi) is 8.06. The maximum Gasteiger partial charge on any atom is 0.342 e. The zero-order valence-corrected chi connectivity index (χ0v) is 24.6. The van der Waals surface area contributed by atoms with E-state index in [1.54, 1.807) is 60.7 Å². The highest BCUT2D eigenvalue weighted by Crippen LogP contribution is 2.30. The van der Waals surface area contributed by atoms with Crippen LogP contribution in [0.4, 0.5) is 22.9 Å². The number of azo groups is 1. The number of carbonyl (C=O) groups excluding carboxylic acids is 3. The van der Waals surface area contributed by atoms with Crippen molar-refractivity contribution in [3.63, 3.8) is 0 Å². The van der Waals surface area contributed by atoms with Gasteiger partial charge in [-0.3, -0.25) is 14.3 Å². The lowest BCUT2D eigenvalue weighted by molar-refractivity contribution is 0.0469. The third-order valence-corrected chi connectivity index (χ3v) is 8.24. The number of carbonyl (C=O) groups is 3. The van der Waals surface area contributed by atoms with Gasteiger partial charge in [-0.05, 0) is 84.4 Å². The molecule has 1 aliphatic rings. The number of ether oxygens (including phenoxy) is 1. The Morgan fingerprint density at radius 3 is 2.17 bits per heavy atom. The molecule has 0 radical (unpaired) electrons. The van der Waals surface area contributed by atoms with Crippen LogP contribution < -0.4 is 9.62 Å².